The molecule has 0 saturated heterocycles. The highest BCUT2D eigenvalue weighted by molar-refractivity contribution is 7.80. The van der Waals surface area contributed by atoms with Crippen molar-refractivity contribution < 1.29 is 19.1 Å². The predicted octanol–water partition coefficient (Wildman–Crippen LogP) is 2.59. The Hall–Kier alpha value is -3.39. The SMILES string of the molecule is CNC(=O)c1ccc(NC(=S)NC(=O)/C=C\c2ccc(OC)c(OC)c2)cc1. The minimum Gasteiger partial charge on any atom is -0.493 e. The molecule has 146 valence electrons. The molecular weight excluding hydrogens is 378 g/mol. The third-order valence-corrected chi connectivity index (χ3v) is 3.91. The fourth-order valence-electron chi connectivity index (χ4n) is 2.29. The Balaban J connectivity index is 1.92. The van der Waals surface area contributed by atoms with Crippen molar-refractivity contribution >= 4 is 40.9 Å². The lowest BCUT2D eigenvalue weighted by Gasteiger charge is -2.09. The van der Waals surface area contributed by atoms with Gasteiger partial charge in [0, 0.05) is 24.4 Å². The quantitative estimate of drug-likeness (QED) is 0.511. The Morgan fingerprint density at radius 1 is 1.00 bits per heavy atom. The second-order valence-corrected chi connectivity index (χ2v) is 5.96. The number of hydrogen-bond donors (Lipinski definition) is 3. The zero-order valence-electron chi connectivity index (χ0n) is 15.7. The number of anilines is 1. The van der Waals surface area contributed by atoms with Crippen LogP contribution in [0, 0.1) is 0 Å². The highest BCUT2D eigenvalue weighted by Gasteiger charge is 2.06. The Morgan fingerprint density at radius 3 is 2.29 bits per heavy atom. The van der Waals surface area contributed by atoms with E-state index in [4.69, 9.17) is 21.7 Å². The molecular formula is C20H21N3O4S. The summed E-state index contributed by atoms with van der Waals surface area (Å²) in [6.07, 6.45) is 3.00. The van der Waals surface area contributed by atoms with Gasteiger partial charge in [-0.3, -0.25) is 14.9 Å². The Kier molecular flexibility index (Phi) is 7.53. The van der Waals surface area contributed by atoms with E-state index in [9.17, 15) is 9.59 Å². The molecule has 3 N–H and O–H groups in total. The van der Waals surface area contributed by atoms with Crippen LogP contribution in [0.4, 0.5) is 5.69 Å². The van der Waals surface area contributed by atoms with E-state index in [0.717, 1.165) is 5.56 Å². The van der Waals surface area contributed by atoms with Gasteiger partial charge in [0.15, 0.2) is 16.6 Å². The van der Waals surface area contributed by atoms with Gasteiger partial charge in [-0.2, -0.15) is 0 Å². The third kappa shape index (κ3) is 5.82. The first-order chi connectivity index (χ1) is 13.5. The molecule has 28 heavy (non-hydrogen) atoms. The maximum absolute atomic E-state index is 12.0. The van der Waals surface area contributed by atoms with Crippen molar-refractivity contribution in [2.45, 2.75) is 0 Å². The average Bonchev–Trinajstić information content (AvgIpc) is 2.71. The third-order valence-electron chi connectivity index (χ3n) is 3.70. The minimum atomic E-state index is -0.380. The van der Waals surface area contributed by atoms with Crippen LogP contribution >= 0.6 is 12.2 Å². The fraction of sp³-hybridized carbons (Fsp3) is 0.150. The van der Waals surface area contributed by atoms with Crippen molar-refractivity contribution in [2.24, 2.45) is 0 Å². The summed E-state index contributed by atoms with van der Waals surface area (Å²) in [5.41, 5.74) is 1.96. The summed E-state index contributed by atoms with van der Waals surface area (Å²) in [5.74, 6) is 0.622. The topological polar surface area (TPSA) is 88.7 Å². The molecule has 8 heteroatoms. The molecule has 2 amide bonds. The number of carbonyl (C=O) groups is 2. The standard InChI is InChI=1S/C20H21N3O4S/c1-21-19(25)14-6-8-15(9-7-14)22-20(28)23-18(24)11-5-13-4-10-16(26-2)17(12-13)27-3/h4-12H,1-3H3,(H,21,25)(H2,22,23,24,28)/b11-5-. The second-order valence-electron chi connectivity index (χ2n) is 5.55. The van der Waals surface area contributed by atoms with Crippen LogP contribution in [0.2, 0.25) is 0 Å². The summed E-state index contributed by atoms with van der Waals surface area (Å²) in [7, 11) is 4.67. The zero-order chi connectivity index (χ0) is 20.5. The number of rotatable bonds is 6. The predicted molar refractivity (Wildman–Crippen MR) is 113 cm³/mol. The molecule has 0 radical (unpaired) electrons. The van der Waals surface area contributed by atoms with Crippen LogP contribution in [0.1, 0.15) is 15.9 Å². The van der Waals surface area contributed by atoms with E-state index in [0.29, 0.717) is 22.7 Å². The highest BCUT2D eigenvalue weighted by atomic mass is 32.1. The van der Waals surface area contributed by atoms with E-state index < -0.39 is 0 Å². The lowest BCUT2D eigenvalue weighted by atomic mass is 10.2. The van der Waals surface area contributed by atoms with Gasteiger partial charge >= 0.3 is 0 Å². The fourth-order valence-corrected chi connectivity index (χ4v) is 2.51. The van der Waals surface area contributed by atoms with E-state index >= 15 is 0 Å². The normalized spacial score (nSPS) is 10.2. The average molecular weight is 399 g/mol. The summed E-state index contributed by atoms with van der Waals surface area (Å²) >= 11 is 5.13. The summed E-state index contributed by atoms with van der Waals surface area (Å²) in [6, 6.07) is 12.0. The van der Waals surface area contributed by atoms with E-state index in [1.54, 1.807) is 69.8 Å². The van der Waals surface area contributed by atoms with Crippen molar-refractivity contribution in [3.63, 3.8) is 0 Å². The van der Waals surface area contributed by atoms with Gasteiger partial charge in [-0.25, -0.2) is 0 Å². The van der Waals surface area contributed by atoms with Gasteiger partial charge in [0.1, 0.15) is 0 Å². The van der Waals surface area contributed by atoms with Gasteiger partial charge in [0.05, 0.1) is 14.2 Å². The maximum atomic E-state index is 12.0. The first-order valence-electron chi connectivity index (χ1n) is 8.31. The number of carbonyl (C=O) groups excluding carboxylic acids is 2. The molecule has 0 aromatic heterocycles. The molecule has 0 atom stereocenters. The van der Waals surface area contributed by atoms with Crippen molar-refractivity contribution in [2.75, 3.05) is 26.6 Å². The Labute approximate surface area is 168 Å². The monoisotopic (exact) mass is 399 g/mol. The number of methoxy groups -OCH3 is 2. The van der Waals surface area contributed by atoms with Crippen molar-refractivity contribution in [1.82, 2.24) is 10.6 Å². The molecule has 2 aromatic carbocycles. The molecule has 2 aromatic rings. The minimum absolute atomic E-state index is 0.148. The number of thiocarbonyl (C=S) groups is 1. The van der Waals surface area contributed by atoms with Gasteiger partial charge in [-0.15, -0.1) is 0 Å². The molecule has 2 rings (SSSR count). The Bertz CT molecular complexity index is 895. The first-order valence-corrected chi connectivity index (χ1v) is 8.72. The van der Waals surface area contributed by atoms with Crippen molar-refractivity contribution in [1.29, 1.82) is 0 Å². The molecule has 0 saturated carbocycles. The van der Waals surface area contributed by atoms with Crippen LogP contribution in [-0.2, 0) is 4.79 Å². The lowest BCUT2D eigenvalue weighted by Crippen LogP contribution is -2.32. The molecule has 0 heterocycles. The number of nitrogens with one attached hydrogen (secondary N) is 3. The second kappa shape index (κ2) is 10.1. The molecule has 0 unspecified atom stereocenters. The summed E-state index contributed by atoms with van der Waals surface area (Å²) < 4.78 is 10.4. The van der Waals surface area contributed by atoms with Crippen LogP contribution in [0.3, 0.4) is 0 Å². The van der Waals surface area contributed by atoms with Crippen LogP contribution < -0.4 is 25.4 Å². The number of hydrogen-bond acceptors (Lipinski definition) is 5. The highest BCUT2D eigenvalue weighted by Crippen LogP contribution is 2.27. The lowest BCUT2D eigenvalue weighted by molar-refractivity contribution is -0.115. The molecule has 0 aliphatic carbocycles. The Morgan fingerprint density at radius 2 is 1.68 bits per heavy atom. The number of amides is 2. The smallest absolute Gasteiger partial charge is 0.251 e. The number of ether oxygens (including phenoxy) is 2. The van der Waals surface area contributed by atoms with Crippen molar-refractivity contribution in [3.8, 4) is 11.5 Å². The summed E-state index contributed by atoms with van der Waals surface area (Å²) in [5, 5.41) is 8.14. The van der Waals surface area contributed by atoms with Crippen LogP contribution in [0.25, 0.3) is 6.08 Å². The van der Waals surface area contributed by atoms with Gasteiger partial charge in [0.25, 0.3) is 5.91 Å². The van der Waals surface area contributed by atoms with Crippen LogP contribution in [0.15, 0.2) is 48.5 Å². The van der Waals surface area contributed by atoms with E-state index in [1.165, 1.54) is 6.08 Å². The van der Waals surface area contributed by atoms with E-state index in [1.807, 2.05) is 0 Å². The van der Waals surface area contributed by atoms with E-state index in [2.05, 4.69) is 16.0 Å². The summed E-state index contributed by atoms with van der Waals surface area (Å²) in [6.45, 7) is 0. The van der Waals surface area contributed by atoms with E-state index in [-0.39, 0.29) is 16.9 Å². The molecule has 0 spiro atoms. The van der Waals surface area contributed by atoms with Crippen LogP contribution in [0.5, 0.6) is 11.5 Å². The van der Waals surface area contributed by atoms with Gasteiger partial charge in [-0.1, -0.05) is 6.07 Å². The van der Waals surface area contributed by atoms with Gasteiger partial charge in [-0.05, 0) is 60.3 Å². The molecule has 0 bridgehead atoms. The molecule has 7 nitrogen and oxygen atoms in total. The zero-order valence-corrected chi connectivity index (χ0v) is 16.6. The van der Waals surface area contributed by atoms with Crippen LogP contribution in [-0.4, -0.2) is 38.2 Å². The largest absolute Gasteiger partial charge is 0.493 e. The van der Waals surface area contributed by atoms with Gasteiger partial charge in [0.2, 0.25) is 5.91 Å². The first kappa shape index (κ1) is 20.9. The van der Waals surface area contributed by atoms with Crippen molar-refractivity contribution in [3.05, 3.63) is 59.7 Å². The van der Waals surface area contributed by atoms with Gasteiger partial charge < -0.3 is 20.1 Å². The molecule has 0 aliphatic rings. The molecule has 0 fully saturated rings. The molecule has 0 aliphatic heterocycles. The summed E-state index contributed by atoms with van der Waals surface area (Å²) in [4.78, 5) is 23.6. The number of benzene rings is 2. The maximum Gasteiger partial charge on any atom is 0.251 e.